The molecule has 0 radical (unpaired) electrons. The van der Waals surface area contributed by atoms with Crippen LogP contribution in [0.25, 0.3) is 11.1 Å². The standard InChI is InChI=1S/C26H28ClF3N4O4.ClH/c27-17-7-8-18(19(11-17)16-2-1-9-37-13-16)23(26(28,29)30)38-22-12-21(33-25(32)34-22)15-5-3-14(4-6-15)10-20(31)24(35)36;/h2,5,7-8,11-12,14,20,23H,1,3-4,6,9-10,13,31H2,(H,35,36)(H2,32,33,34);1H/t14?,20-,23+;/m0./s1. The number of hydrogen-bond donors (Lipinski definition) is 3. The average molecular weight is 589 g/mol. The van der Waals surface area contributed by atoms with Crippen molar-refractivity contribution in [2.75, 3.05) is 18.9 Å². The van der Waals surface area contributed by atoms with Crippen molar-refractivity contribution < 1.29 is 32.5 Å². The zero-order valence-electron chi connectivity index (χ0n) is 20.8. The zero-order valence-corrected chi connectivity index (χ0v) is 22.4. The second-order valence-corrected chi connectivity index (χ2v) is 9.78. The summed E-state index contributed by atoms with van der Waals surface area (Å²) in [5.41, 5.74) is 13.4. The van der Waals surface area contributed by atoms with Crippen LogP contribution in [0.4, 0.5) is 19.1 Å². The number of aromatic nitrogens is 2. The number of hydrogen-bond acceptors (Lipinski definition) is 7. The molecular weight excluding hydrogens is 560 g/mol. The van der Waals surface area contributed by atoms with E-state index in [1.165, 1.54) is 24.3 Å². The van der Waals surface area contributed by atoms with Gasteiger partial charge in [0.15, 0.2) is 0 Å². The normalized spacial score (nSPS) is 19.3. The second-order valence-electron chi connectivity index (χ2n) is 9.34. The Hall–Kier alpha value is -2.86. The summed E-state index contributed by atoms with van der Waals surface area (Å²) < 4.78 is 54.0. The smallest absolute Gasteiger partial charge is 0.429 e. The number of alkyl halides is 3. The number of carboxylic acids is 1. The third-order valence-corrected chi connectivity index (χ3v) is 6.80. The predicted octanol–water partition coefficient (Wildman–Crippen LogP) is 5.61. The molecule has 8 nitrogen and oxygen atoms in total. The highest BCUT2D eigenvalue weighted by molar-refractivity contribution is 6.30. The van der Waals surface area contributed by atoms with Crippen molar-refractivity contribution in [3.05, 3.63) is 58.3 Å². The first-order valence-corrected chi connectivity index (χ1v) is 12.5. The van der Waals surface area contributed by atoms with Gasteiger partial charge in [-0.05, 0) is 66.9 Å². The Morgan fingerprint density at radius 1 is 1.23 bits per heavy atom. The molecule has 13 heteroatoms. The summed E-state index contributed by atoms with van der Waals surface area (Å²) >= 11 is 6.13. The van der Waals surface area contributed by atoms with E-state index < -0.39 is 24.3 Å². The molecule has 5 N–H and O–H groups in total. The molecule has 212 valence electrons. The summed E-state index contributed by atoms with van der Waals surface area (Å²) in [6, 6.07) is 4.54. The molecule has 39 heavy (non-hydrogen) atoms. The number of halogens is 5. The van der Waals surface area contributed by atoms with Gasteiger partial charge in [0.1, 0.15) is 6.04 Å². The number of allylic oxidation sites excluding steroid dienone is 2. The lowest BCUT2D eigenvalue weighted by molar-refractivity contribution is -0.198. The number of rotatable bonds is 8. The van der Waals surface area contributed by atoms with Gasteiger partial charge in [0, 0.05) is 16.7 Å². The van der Waals surface area contributed by atoms with Crippen LogP contribution in [-0.4, -0.2) is 46.5 Å². The van der Waals surface area contributed by atoms with E-state index in [9.17, 15) is 18.0 Å². The summed E-state index contributed by atoms with van der Waals surface area (Å²) in [5, 5.41) is 9.33. The molecule has 2 aliphatic rings. The van der Waals surface area contributed by atoms with Crippen LogP contribution in [0.3, 0.4) is 0 Å². The van der Waals surface area contributed by atoms with Gasteiger partial charge >= 0.3 is 12.1 Å². The molecule has 2 aromatic rings. The first kappa shape index (κ1) is 30.7. The SMILES string of the molecule is Cl.Nc1nc(O[C@H](c2ccc(Cl)cc2C2=CCCOC2)C(F)(F)F)cc(C2=CCC(C[C@H](N)C(=O)O)CC2)n1. The van der Waals surface area contributed by atoms with Crippen molar-refractivity contribution >= 4 is 47.1 Å². The van der Waals surface area contributed by atoms with E-state index in [4.69, 9.17) is 37.6 Å². The number of carboxylic acid groups (broad SMARTS) is 1. The van der Waals surface area contributed by atoms with Crippen LogP contribution in [0.5, 0.6) is 5.88 Å². The lowest BCUT2D eigenvalue weighted by Gasteiger charge is -2.26. The minimum Gasteiger partial charge on any atom is -0.480 e. The maximum atomic E-state index is 14.4. The van der Waals surface area contributed by atoms with Crippen LogP contribution in [0.2, 0.25) is 5.02 Å². The maximum Gasteiger partial charge on any atom is 0.429 e. The van der Waals surface area contributed by atoms with Crippen molar-refractivity contribution in [3.8, 4) is 5.88 Å². The molecule has 0 saturated carbocycles. The minimum absolute atomic E-state index is 0. The van der Waals surface area contributed by atoms with Crippen molar-refractivity contribution in [2.24, 2.45) is 11.7 Å². The summed E-state index contributed by atoms with van der Waals surface area (Å²) in [5.74, 6) is -1.52. The number of nitrogens with two attached hydrogens (primary N) is 2. The molecule has 0 bridgehead atoms. The third-order valence-electron chi connectivity index (χ3n) is 6.56. The van der Waals surface area contributed by atoms with E-state index >= 15 is 0 Å². The number of benzene rings is 1. The Bertz CT molecular complexity index is 1260. The second kappa shape index (κ2) is 13.0. The maximum absolute atomic E-state index is 14.4. The molecule has 1 aliphatic heterocycles. The molecule has 0 fully saturated rings. The van der Waals surface area contributed by atoms with Gasteiger partial charge < -0.3 is 26.0 Å². The summed E-state index contributed by atoms with van der Waals surface area (Å²) in [6.45, 7) is 0.652. The molecule has 0 amide bonds. The van der Waals surface area contributed by atoms with E-state index in [0.717, 1.165) is 5.57 Å². The fourth-order valence-electron chi connectivity index (χ4n) is 4.67. The molecule has 1 unspecified atom stereocenters. The van der Waals surface area contributed by atoms with E-state index in [2.05, 4.69) is 9.97 Å². The van der Waals surface area contributed by atoms with Gasteiger partial charge in [0.05, 0.1) is 18.9 Å². The number of carbonyl (C=O) groups is 1. The highest BCUT2D eigenvalue weighted by Gasteiger charge is 2.45. The van der Waals surface area contributed by atoms with E-state index in [1.807, 2.05) is 12.2 Å². The molecular formula is C26H29Cl2F3N4O4. The quantitative estimate of drug-likeness (QED) is 0.362. The van der Waals surface area contributed by atoms with Crippen molar-refractivity contribution in [2.45, 2.75) is 50.4 Å². The van der Waals surface area contributed by atoms with Crippen molar-refractivity contribution in [3.63, 3.8) is 0 Å². The predicted molar refractivity (Wildman–Crippen MR) is 144 cm³/mol. The fourth-order valence-corrected chi connectivity index (χ4v) is 4.84. The third kappa shape index (κ3) is 7.84. The van der Waals surface area contributed by atoms with Crippen LogP contribution in [0, 0.1) is 5.92 Å². The lowest BCUT2D eigenvalue weighted by Crippen LogP contribution is -2.32. The van der Waals surface area contributed by atoms with Crippen LogP contribution in [0.15, 0.2) is 36.4 Å². The monoisotopic (exact) mass is 588 g/mol. The first-order chi connectivity index (χ1) is 18.0. The van der Waals surface area contributed by atoms with Gasteiger partial charge in [0.2, 0.25) is 17.9 Å². The highest BCUT2D eigenvalue weighted by atomic mass is 35.5. The largest absolute Gasteiger partial charge is 0.480 e. The Labute approximate surface area is 234 Å². The number of ether oxygens (including phenoxy) is 2. The minimum atomic E-state index is -4.78. The van der Waals surface area contributed by atoms with Gasteiger partial charge in [-0.2, -0.15) is 18.2 Å². The van der Waals surface area contributed by atoms with E-state index in [-0.39, 0.29) is 47.3 Å². The van der Waals surface area contributed by atoms with Gasteiger partial charge in [-0.3, -0.25) is 4.79 Å². The Balaban J connectivity index is 0.00000420. The molecule has 0 saturated heterocycles. The molecule has 1 aromatic heterocycles. The van der Waals surface area contributed by atoms with Crippen LogP contribution in [-0.2, 0) is 9.53 Å². The van der Waals surface area contributed by atoms with E-state index in [1.54, 1.807) is 0 Å². The number of aliphatic carboxylic acids is 1. The zero-order chi connectivity index (χ0) is 27.4. The molecule has 0 spiro atoms. The molecule has 1 aliphatic carbocycles. The van der Waals surface area contributed by atoms with E-state index in [0.29, 0.717) is 55.5 Å². The molecule has 1 aromatic carbocycles. The molecule has 2 heterocycles. The van der Waals surface area contributed by atoms with Crippen molar-refractivity contribution in [1.29, 1.82) is 0 Å². The van der Waals surface area contributed by atoms with Gasteiger partial charge in [-0.1, -0.05) is 29.8 Å². The highest BCUT2D eigenvalue weighted by Crippen LogP contribution is 2.41. The van der Waals surface area contributed by atoms with Crippen LogP contribution >= 0.6 is 24.0 Å². The van der Waals surface area contributed by atoms with Crippen LogP contribution in [0.1, 0.15) is 55.0 Å². The number of nitrogen functional groups attached to an aromatic ring is 1. The van der Waals surface area contributed by atoms with Crippen LogP contribution < -0.4 is 16.2 Å². The summed E-state index contributed by atoms with van der Waals surface area (Å²) in [6.07, 6.45) is -0.760. The fraction of sp³-hybridized carbons (Fsp3) is 0.423. The Morgan fingerprint density at radius 2 is 2.00 bits per heavy atom. The number of anilines is 1. The average Bonchev–Trinajstić information content (AvgIpc) is 2.87. The van der Waals surface area contributed by atoms with Gasteiger partial charge in [-0.25, -0.2) is 4.98 Å². The molecule has 3 atom stereocenters. The number of nitrogens with zero attached hydrogens (tertiary/aromatic N) is 2. The Kier molecular flexibility index (Phi) is 10.2. The van der Waals surface area contributed by atoms with Gasteiger partial charge in [-0.15, -0.1) is 12.4 Å². The Morgan fingerprint density at radius 3 is 2.62 bits per heavy atom. The summed E-state index contributed by atoms with van der Waals surface area (Å²) in [4.78, 5) is 19.1. The topological polar surface area (TPSA) is 134 Å². The first-order valence-electron chi connectivity index (χ1n) is 12.1. The van der Waals surface area contributed by atoms with Crippen molar-refractivity contribution in [1.82, 2.24) is 9.97 Å². The lowest BCUT2D eigenvalue weighted by atomic mass is 9.84. The summed E-state index contributed by atoms with van der Waals surface area (Å²) in [7, 11) is 0. The van der Waals surface area contributed by atoms with Gasteiger partial charge in [0.25, 0.3) is 0 Å². The molecule has 4 rings (SSSR count).